The number of guanidine groups is 2. The second kappa shape index (κ2) is 8.35. The molecule has 0 saturated carbocycles. The van der Waals surface area contributed by atoms with Crippen molar-refractivity contribution < 1.29 is 9.90 Å². The first-order chi connectivity index (χ1) is 10.4. The van der Waals surface area contributed by atoms with Gasteiger partial charge in [-0.2, -0.15) is 0 Å². The van der Waals surface area contributed by atoms with Crippen LogP contribution in [0, 0.1) is 0 Å². The van der Waals surface area contributed by atoms with Crippen molar-refractivity contribution in [1.29, 1.82) is 0 Å². The second-order valence-corrected chi connectivity index (χ2v) is 4.57. The van der Waals surface area contributed by atoms with Crippen molar-refractivity contribution in [2.24, 2.45) is 32.9 Å². The Kier molecular flexibility index (Phi) is 6.48. The van der Waals surface area contributed by atoms with Gasteiger partial charge in [-0.15, -0.1) is 0 Å². The van der Waals surface area contributed by atoms with E-state index in [4.69, 9.17) is 22.9 Å². The third-order valence-corrected chi connectivity index (χ3v) is 2.71. The molecule has 120 valence electrons. The molecule has 0 bridgehead atoms. The van der Waals surface area contributed by atoms with Crippen LogP contribution in [0.5, 0.6) is 0 Å². The number of hydrogen-bond acceptors (Lipinski definition) is 4. The van der Waals surface area contributed by atoms with Crippen LogP contribution in [-0.2, 0) is 4.79 Å². The smallest absolute Gasteiger partial charge is 0.326 e. The Morgan fingerprint density at radius 1 is 1.14 bits per heavy atom. The van der Waals surface area contributed by atoms with Crippen LogP contribution in [-0.4, -0.2) is 35.6 Å². The molecule has 0 aliphatic heterocycles. The molecule has 0 spiro atoms. The summed E-state index contributed by atoms with van der Waals surface area (Å²) >= 11 is 0. The van der Waals surface area contributed by atoms with Gasteiger partial charge in [-0.05, 0) is 37.1 Å². The lowest BCUT2D eigenvalue weighted by atomic mass is 10.1. The molecule has 1 aromatic carbocycles. The Morgan fingerprint density at radius 2 is 1.77 bits per heavy atom. The summed E-state index contributed by atoms with van der Waals surface area (Å²) in [6, 6.07) is 6.03. The monoisotopic (exact) mass is 307 g/mol. The highest BCUT2D eigenvalue weighted by molar-refractivity contribution is 5.80. The van der Waals surface area contributed by atoms with E-state index in [0.717, 1.165) is 0 Å². The summed E-state index contributed by atoms with van der Waals surface area (Å²) in [6.07, 6.45) is 0.940. The molecule has 0 radical (unpaired) electrons. The van der Waals surface area contributed by atoms with Crippen LogP contribution in [0.4, 0.5) is 11.4 Å². The van der Waals surface area contributed by atoms with Gasteiger partial charge in [0.25, 0.3) is 0 Å². The van der Waals surface area contributed by atoms with E-state index >= 15 is 0 Å². The average Bonchev–Trinajstić information content (AvgIpc) is 2.43. The van der Waals surface area contributed by atoms with Crippen molar-refractivity contribution >= 4 is 29.3 Å². The lowest BCUT2D eigenvalue weighted by Gasteiger charge is -2.15. The standard InChI is InChI=1S/C13H21N7O2/c14-12(15)18-7-1-2-10(11(21)22)19-8-3-5-9(6-4-8)20-13(16)17/h3-6,10,19H,1-2,7H2,(H,21,22)(H4,14,15,18)(H4,16,17,20)/t10-/m0/s1. The largest absolute Gasteiger partial charge is 0.480 e. The van der Waals surface area contributed by atoms with Crippen molar-refractivity contribution in [2.75, 3.05) is 11.9 Å². The fourth-order valence-corrected chi connectivity index (χ4v) is 1.74. The highest BCUT2D eigenvalue weighted by atomic mass is 16.4. The van der Waals surface area contributed by atoms with Gasteiger partial charge in [0, 0.05) is 12.2 Å². The van der Waals surface area contributed by atoms with E-state index in [-0.39, 0.29) is 11.9 Å². The Labute approximate surface area is 128 Å². The summed E-state index contributed by atoms with van der Waals surface area (Å²) in [5, 5.41) is 12.1. The maximum atomic E-state index is 11.2. The number of carboxylic acids is 1. The normalized spacial score (nSPS) is 11.3. The lowest BCUT2D eigenvalue weighted by Crippen LogP contribution is -2.29. The number of carboxylic acid groups (broad SMARTS) is 1. The first-order valence-corrected chi connectivity index (χ1v) is 6.63. The van der Waals surface area contributed by atoms with Gasteiger partial charge in [-0.3, -0.25) is 4.99 Å². The minimum atomic E-state index is -0.946. The van der Waals surface area contributed by atoms with Crippen LogP contribution in [0.2, 0.25) is 0 Å². The maximum Gasteiger partial charge on any atom is 0.326 e. The molecular formula is C13H21N7O2. The minimum absolute atomic E-state index is 0.00449. The number of aliphatic carboxylic acids is 1. The van der Waals surface area contributed by atoms with Crippen LogP contribution < -0.4 is 28.3 Å². The molecule has 0 fully saturated rings. The summed E-state index contributed by atoms with van der Waals surface area (Å²) in [5.74, 6) is -0.989. The number of rotatable bonds is 8. The highest BCUT2D eigenvalue weighted by Gasteiger charge is 2.16. The Morgan fingerprint density at radius 3 is 2.27 bits per heavy atom. The van der Waals surface area contributed by atoms with E-state index in [9.17, 15) is 9.90 Å². The quantitative estimate of drug-likeness (QED) is 0.213. The van der Waals surface area contributed by atoms with Crippen molar-refractivity contribution in [1.82, 2.24) is 0 Å². The zero-order valence-electron chi connectivity index (χ0n) is 12.1. The number of benzene rings is 1. The molecule has 10 N–H and O–H groups in total. The van der Waals surface area contributed by atoms with E-state index in [2.05, 4.69) is 15.3 Å². The summed E-state index contributed by atoms with van der Waals surface area (Å²) in [5.41, 5.74) is 22.2. The zero-order chi connectivity index (χ0) is 16.5. The topological polar surface area (TPSA) is 178 Å². The molecule has 0 amide bonds. The van der Waals surface area contributed by atoms with Gasteiger partial charge in [-0.25, -0.2) is 9.79 Å². The number of carbonyl (C=O) groups is 1. The third kappa shape index (κ3) is 6.46. The molecular weight excluding hydrogens is 286 g/mol. The average molecular weight is 307 g/mol. The van der Waals surface area contributed by atoms with Gasteiger partial charge in [0.2, 0.25) is 0 Å². The van der Waals surface area contributed by atoms with Gasteiger partial charge < -0.3 is 33.4 Å². The van der Waals surface area contributed by atoms with E-state index in [1.54, 1.807) is 24.3 Å². The Hall–Kier alpha value is -2.97. The molecule has 0 aliphatic carbocycles. The number of nitrogens with one attached hydrogen (secondary N) is 1. The van der Waals surface area contributed by atoms with Crippen molar-refractivity contribution in [3.63, 3.8) is 0 Å². The van der Waals surface area contributed by atoms with Gasteiger partial charge >= 0.3 is 5.97 Å². The van der Waals surface area contributed by atoms with Gasteiger partial charge in [0.1, 0.15) is 6.04 Å². The predicted octanol–water partition coefficient (Wildman–Crippen LogP) is -0.490. The molecule has 0 heterocycles. The van der Waals surface area contributed by atoms with Crippen LogP contribution in [0.3, 0.4) is 0 Å². The first kappa shape index (κ1) is 17.1. The number of anilines is 1. The Bertz CT molecular complexity index is 546. The molecule has 9 nitrogen and oxygen atoms in total. The van der Waals surface area contributed by atoms with Crippen LogP contribution in [0.25, 0.3) is 0 Å². The summed E-state index contributed by atoms with van der Waals surface area (Å²) in [6.45, 7) is 0.386. The van der Waals surface area contributed by atoms with E-state index in [1.165, 1.54) is 0 Å². The first-order valence-electron chi connectivity index (χ1n) is 6.63. The van der Waals surface area contributed by atoms with Crippen molar-refractivity contribution in [3.05, 3.63) is 24.3 Å². The number of aliphatic imine (C=N–C) groups is 2. The minimum Gasteiger partial charge on any atom is -0.480 e. The maximum absolute atomic E-state index is 11.2. The fourth-order valence-electron chi connectivity index (χ4n) is 1.74. The van der Waals surface area contributed by atoms with Gasteiger partial charge in [0.05, 0.1) is 5.69 Å². The van der Waals surface area contributed by atoms with Crippen LogP contribution in [0.15, 0.2) is 34.3 Å². The Balaban J connectivity index is 2.61. The fraction of sp³-hybridized carbons (Fsp3) is 0.308. The third-order valence-electron chi connectivity index (χ3n) is 2.71. The highest BCUT2D eigenvalue weighted by Crippen LogP contribution is 2.17. The van der Waals surface area contributed by atoms with Crippen molar-refractivity contribution in [3.8, 4) is 0 Å². The molecule has 0 unspecified atom stereocenters. The lowest BCUT2D eigenvalue weighted by molar-refractivity contribution is -0.138. The molecule has 0 saturated heterocycles. The van der Waals surface area contributed by atoms with Gasteiger partial charge in [-0.1, -0.05) is 0 Å². The summed E-state index contributed by atoms with van der Waals surface area (Å²) in [7, 11) is 0. The molecule has 22 heavy (non-hydrogen) atoms. The SMILES string of the molecule is NC(N)=NCCC[C@H](Nc1ccc(N=C(N)N)cc1)C(=O)O. The van der Waals surface area contributed by atoms with E-state index in [0.29, 0.717) is 30.8 Å². The summed E-state index contributed by atoms with van der Waals surface area (Å²) < 4.78 is 0. The second-order valence-electron chi connectivity index (χ2n) is 4.57. The van der Waals surface area contributed by atoms with E-state index < -0.39 is 12.0 Å². The molecule has 0 aromatic heterocycles. The number of nitrogens with two attached hydrogens (primary N) is 4. The molecule has 9 heteroatoms. The molecule has 1 aromatic rings. The number of hydrogen-bond donors (Lipinski definition) is 6. The van der Waals surface area contributed by atoms with E-state index in [1.807, 2.05) is 0 Å². The van der Waals surface area contributed by atoms with Gasteiger partial charge in [0.15, 0.2) is 11.9 Å². The number of nitrogens with zero attached hydrogens (tertiary/aromatic N) is 2. The van der Waals surface area contributed by atoms with Crippen LogP contribution in [0.1, 0.15) is 12.8 Å². The summed E-state index contributed by atoms with van der Waals surface area (Å²) in [4.78, 5) is 18.9. The zero-order valence-corrected chi connectivity index (χ0v) is 12.1. The molecule has 1 atom stereocenters. The predicted molar refractivity (Wildman–Crippen MR) is 86.9 cm³/mol. The molecule has 1 rings (SSSR count). The molecule has 0 aliphatic rings. The van der Waals surface area contributed by atoms with Crippen molar-refractivity contribution in [2.45, 2.75) is 18.9 Å². The van der Waals surface area contributed by atoms with Crippen LogP contribution >= 0.6 is 0 Å².